The molecule has 4 aromatic rings. The summed E-state index contributed by atoms with van der Waals surface area (Å²) in [5.74, 6) is 0.543. The molecule has 4 rings (SSSR count). The summed E-state index contributed by atoms with van der Waals surface area (Å²) in [5.41, 5.74) is 3.64. The van der Waals surface area contributed by atoms with Gasteiger partial charge in [0.05, 0.1) is 26.8 Å². The smallest absolute Gasteiger partial charge is 0.223 e. The lowest BCUT2D eigenvalue weighted by molar-refractivity contribution is 0.803. The molecule has 0 spiro atoms. The van der Waals surface area contributed by atoms with E-state index in [0.29, 0.717) is 32.5 Å². The highest BCUT2D eigenvalue weighted by atomic mass is 35.5. The second kappa shape index (κ2) is 4.62. The number of halogens is 2. The summed E-state index contributed by atoms with van der Waals surface area (Å²) in [4.78, 5) is 4.62. The quantitative estimate of drug-likeness (QED) is 0.535. The SMILES string of the molecule is Cc1cc(C)n(-c2nc3cc(Cl)c(Cl)cc3n3nnnc23)n1. The molecule has 0 radical (unpaired) electrons. The van der Waals surface area contributed by atoms with Crippen molar-refractivity contribution < 1.29 is 0 Å². The molecule has 7 nitrogen and oxygen atoms in total. The summed E-state index contributed by atoms with van der Waals surface area (Å²) >= 11 is 12.2. The minimum atomic E-state index is 0.423. The van der Waals surface area contributed by atoms with Crippen LogP contribution in [0.25, 0.3) is 22.5 Å². The molecule has 0 aliphatic heterocycles. The van der Waals surface area contributed by atoms with Crippen LogP contribution in [0, 0.1) is 13.8 Å². The maximum absolute atomic E-state index is 6.09. The van der Waals surface area contributed by atoms with Crippen molar-refractivity contribution in [1.82, 2.24) is 34.8 Å². The number of hydrogen-bond donors (Lipinski definition) is 0. The van der Waals surface area contributed by atoms with Crippen LogP contribution in [-0.2, 0) is 0 Å². The highest BCUT2D eigenvalue weighted by Gasteiger charge is 2.17. The van der Waals surface area contributed by atoms with Gasteiger partial charge in [0.15, 0.2) is 0 Å². The highest BCUT2D eigenvalue weighted by Crippen LogP contribution is 2.28. The molecule has 0 aliphatic rings. The van der Waals surface area contributed by atoms with Crippen molar-refractivity contribution in [1.29, 1.82) is 0 Å². The van der Waals surface area contributed by atoms with Gasteiger partial charge in [-0.2, -0.15) is 9.61 Å². The van der Waals surface area contributed by atoms with Gasteiger partial charge in [-0.05, 0) is 42.5 Å². The van der Waals surface area contributed by atoms with E-state index in [4.69, 9.17) is 23.2 Å². The van der Waals surface area contributed by atoms with E-state index in [1.165, 1.54) is 0 Å². The molecule has 0 atom stereocenters. The van der Waals surface area contributed by atoms with Crippen LogP contribution in [0.1, 0.15) is 11.4 Å². The van der Waals surface area contributed by atoms with Gasteiger partial charge in [0, 0.05) is 5.69 Å². The van der Waals surface area contributed by atoms with Gasteiger partial charge in [0.25, 0.3) is 0 Å². The zero-order chi connectivity index (χ0) is 15.4. The number of aryl methyl sites for hydroxylation is 2. The minimum Gasteiger partial charge on any atom is -0.223 e. The van der Waals surface area contributed by atoms with E-state index in [9.17, 15) is 0 Å². The molecule has 3 aromatic heterocycles. The first-order valence-electron chi connectivity index (χ1n) is 6.45. The maximum atomic E-state index is 6.09. The monoisotopic (exact) mass is 333 g/mol. The number of aromatic nitrogens is 7. The Labute approximate surface area is 134 Å². The average Bonchev–Trinajstić information content (AvgIpc) is 3.06. The number of nitrogens with zero attached hydrogens (tertiary/aromatic N) is 7. The van der Waals surface area contributed by atoms with E-state index >= 15 is 0 Å². The summed E-state index contributed by atoms with van der Waals surface area (Å²) in [7, 11) is 0. The van der Waals surface area contributed by atoms with Crippen LogP contribution in [0.3, 0.4) is 0 Å². The van der Waals surface area contributed by atoms with Crippen molar-refractivity contribution >= 4 is 39.9 Å². The molecule has 1 aromatic carbocycles. The molecule has 0 aliphatic carbocycles. The molecule has 22 heavy (non-hydrogen) atoms. The fourth-order valence-electron chi connectivity index (χ4n) is 2.42. The van der Waals surface area contributed by atoms with Gasteiger partial charge in [-0.25, -0.2) is 9.67 Å². The molecule has 0 amide bonds. The number of fused-ring (bicyclic) bond motifs is 3. The molecule has 0 N–H and O–H groups in total. The Hall–Kier alpha value is -2.25. The standard InChI is InChI=1S/C13H9Cl2N7/c1-6-3-7(2)21(18-6)12-13-17-19-20-22(13)11-5-9(15)8(14)4-10(11)16-12/h3-5H,1-2H3. The predicted octanol–water partition coefficient (Wildman–Crippen LogP) is 2.78. The van der Waals surface area contributed by atoms with Gasteiger partial charge < -0.3 is 0 Å². The maximum Gasteiger partial charge on any atom is 0.224 e. The molecule has 0 fully saturated rings. The highest BCUT2D eigenvalue weighted by molar-refractivity contribution is 6.42. The van der Waals surface area contributed by atoms with Crippen molar-refractivity contribution in [3.05, 3.63) is 39.6 Å². The second-order valence-corrected chi connectivity index (χ2v) is 5.76. The largest absolute Gasteiger partial charge is 0.224 e. The molecular formula is C13H9Cl2N7. The van der Waals surface area contributed by atoms with E-state index in [1.54, 1.807) is 21.3 Å². The molecule has 0 unspecified atom stereocenters. The van der Waals surface area contributed by atoms with Crippen LogP contribution in [0.2, 0.25) is 10.0 Å². The first-order valence-corrected chi connectivity index (χ1v) is 7.20. The zero-order valence-corrected chi connectivity index (χ0v) is 13.1. The van der Waals surface area contributed by atoms with Gasteiger partial charge >= 0.3 is 0 Å². The van der Waals surface area contributed by atoms with Gasteiger partial charge in [0.2, 0.25) is 11.5 Å². The summed E-state index contributed by atoms with van der Waals surface area (Å²) < 4.78 is 3.29. The summed E-state index contributed by atoms with van der Waals surface area (Å²) in [5, 5.41) is 17.1. The number of rotatable bonds is 1. The lowest BCUT2D eigenvalue weighted by Crippen LogP contribution is -2.07. The van der Waals surface area contributed by atoms with Crippen LogP contribution in [0.15, 0.2) is 18.2 Å². The molecule has 110 valence electrons. The zero-order valence-electron chi connectivity index (χ0n) is 11.6. The van der Waals surface area contributed by atoms with Gasteiger partial charge in [0.1, 0.15) is 0 Å². The third-order valence-corrected chi connectivity index (χ3v) is 4.07. The van der Waals surface area contributed by atoms with E-state index in [0.717, 1.165) is 11.4 Å². The minimum absolute atomic E-state index is 0.423. The van der Waals surface area contributed by atoms with Crippen LogP contribution >= 0.6 is 23.2 Å². The summed E-state index contributed by atoms with van der Waals surface area (Å²) in [6.45, 7) is 3.86. The Kier molecular flexibility index (Phi) is 2.82. The predicted molar refractivity (Wildman–Crippen MR) is 82.7 cm³/mol. The normalized spacial score (nSPS) is 11.6. The van der Waals surface area contributed by atoms with Gasteiger partial charge in [-0.3, -0.25) is 0 Å². The number of hydrogen-bond acceptors (Lipinski definition) is 5. The third-order valence-electron chi connectivity index (χ3n) is 3.35. The average molecular weight is 334 g/mol. The Balaban J connectivity index is 2.16. The Morgan fingerprint density at radius 2 is 1.82 bits per heavy atom. The van der Waals surface area contributed by atoms with Crippen molar-refractivity contribution in [2.75, 3.05) is 0 Å². The van der Waals surface area contributed by atoms with Crippen LogP contribution in [-0.4, -0.2) is 34.8 Å². The van der Waals surface area contributed by atoms with E-state index in [-0.39, 0.29) is 0 Å². The molecule has 0 bridgehead atoms. The van der Waals surface area contributed by atoms with Crippen LogP contribution < -0.4 is 0 Å². The molecular weight excluding hydrogens is 325 g/mol. The molecule has 0 saturated heterocycles. The van der Waals surface area contributed by atoms with Crippen molar-refractivity contribution in [3.8, 4) is 5.82 Å². The fraction of sp³-hybridized carbons (Fsp3) is 0.154. The molecule has 9 heteroatoms. The lowest BCUT2D eigenvalue weighted by atomic mass is 10.3. The Morgan fingerprint density at radius 3 is 2.55 bits per heavy atom. The molecule has 0 saturated carbocycles. The van der Waals surface area contributed by atoms with Crippen molar-refractivity contribution in [2.45, 2.75) is 13.8 Å². The van der Waals surface area contributed by atoms with Crippen molar-refractivity contribution in [3.63, 3.8) is 0 Å². The Morgan fingerprint density at radius 1 is 1.05 bits per heavy atom. The molecule has 3 heterocycles. The van der Waals surface area contributed by atoms with E-state index in [1.807, 2.05) is 19.9 Å². The second-order valence-electron chi connectivity index (χ2n) is 4.94. The first kappa shape index (κ1) is 13.4. The van der Waals surface area contributed by atoms with Crippen LogP contribution in [0.5, 0.6) is 0 Å². The Bertz CT molecular complexity index is 1030. The first-order chi connectivity index (χ1) is 10.5. The van der Waals surface area contributed by atoms with Crippen LogP contribution in [0.4, 0.5) is 0 Å². The van der Waals surface area contributed by atoms with E-state index in [2.05, 4.69) is 25.6 Å². The summed E-state index contributed by atoms with van der Waals surface area (Å²) in [6.07, 6.45) is 0. The topological polar surface area (TPSA) is 73.8 Å². The fourth-order valence-corrected chi connectivity index (χ4v) is 2.74. The van der Waals surface area contributed by atoms with Gasteiger partial charge in [-0.15, -0.1) is 5.10 Å². The third kappa shape index (κ3) is 1.86. The number of benzene rings is 1. The van der Waals surface area contributed by atoms with Gasteiger partial charge in [-0.1, -0.05) is 23.2 Å². The number of tetrazole rings is 1. The lowest BCUT2D eigenvalue weighted by Gasteiger charge is -2.08. The van der Waals surface area contributed by atoms with Crippen molar-refractivity contribution in [2.24, 2.45) is 0 Å². The summed E-state index contributed by atoms with van der Waals surface area (Å²) in [6, 6.07) is 5.34. The van der Waals surface area contributed by atoms with E-state index < -0.39 is 0 Å².